The number of benzene rings is 1. The van der Waals surface area contributed by atoms with E-state index in [2.05, 4.69) is 14.2 Å². The van der Waals surface area contributed by atoms with Crippen LogP contribution in [0.5, 0.6) is 0 Å². The van der Waals surface area contributed by atoms with Crippen molar-refractivity contribution in [2.24, 2.45) is 0 Å². The van der Waals surface area contributed by atoms with Crippen LogP contribution < -0.4 is 0 Å². The smallest absolute Gasteiger partial charge is 0.337 e. The van der Waals surface area contributed by atoms with Crippen molar-refractivity contribution in [2.75, 3.05) is 35.3 Å². The number of carbonyl (C=O) groups excluding carboxylic acids is 1. The van der Waals surface area contributed by atoms with Crippen molar-refractivity contribution < 1.29 is 14.1 Å². The van der Waals surface area contributed by atoms with Crippen LogP contribution in [0.2, 0.25) is 0 Å². The molecular formula is C13H19N2O2S+. The molecule has 1 rings (SSSR count). The normalized spacial score (nSPS) is 9.83. The zero-order valence-corrected chi connectivity index (χ0v) is 12.2. The van der Waals surface area contributed by atoms with Crippen molar-refractivity contribution in [3.63, 3.8) is 0 Å². The quantitative estimate of drug-likeness (QED) is 0.269. The molecule has 0 radical (unpaired) electrons. The highest BCUT2D eigenvalue weighted by Gasteiger charge is 2.14. The molecule has 18 heavy (non-hydrogen) atoms. The maximum absolute atomic E-state index is 11.3. The maximum Gasteiger partial charge on any atom is 0.337 e. The number of methoxy groups -OCH3 is 1. The molecule has 5 heteroatoms. The van der Waals surface area contributed by atoms with Crippen molar-refractivity contribution in [1.29, 1.82) is 0 Å². The average molecular weight is 267 g/mol. The van der Waals surface area contributed by atoms with Crippen LogP contribution in [0.4, 0.5) is 0 Å². The van der Waals surface area contributed by atoms with Crippen LogP contribution in [-0.2, 0) is 4.74 Å². The average Bonchev–Trinajstić information content (AvgIpc) is 2.35. The summed E-state index contributed by atoms with van der Waals surface area (Å²) in [5.74, 6) is -0.309. The van der Waals surface area contributed by atoms with Gasteiger partial charge in [0.05, 0.1) is 40.9 Å². The number of amidine groups is 1. The lowest BCUT2D eigenvalue weighted by atomic mass is 10.2. The van der Waals surface area contributed by atoms with Gasteiger partial charge in [0, 0.05) is 4.90 Å². The van der Waals surface area contributed by atoms with Gasteiger partial charge in [-0.25, -0.2) is 4.79 Å². The summed E-state index contributed by atoms with van der Waals surface area (Å²) in [6.07, 6.45) is 0. The molecule has 0 saturated heterocycles. The largest absolute Gasteiger partial charge is 0.465 e. The number of nitrogens with zero attached hydrogens (tertiary/aromatic N) is 2. The van der Waals surface area contributed by atoms with Gasteiger partial charge in [-0.3, -0.25) is 9.48 Å². The molecule has 0 spiro atoms. The minimum absolute atomic E-state index is 0.309. The van der Waals surface area contributed by atoms with Crippen molar-refractivity contribution in [3.8, 4) is 0 Å². The Morgan fingerprint density at radius 3 is 2.17 bits per heavy atom. The van der Waals surface area contributed by atoms with Crippen molar-refractivity contribution in [2.45, 2.75) is 4.90 Å². The Morgan fingerprint density at radius 1 is 1.22 bits per heavy atom. The van der Waals surface area contributed by atoms with Gasteiger partial charge in [0.2, 0.25) is 0 Å². The minimum atomic E-state index is -0.309. The van der Waals surface area contributed by atoms with Gasteiger partial charge >= 0.3 is 11.1 Å². The molecule has 0 atom stereocenters. The number of hydrogen-bond acceptors (Lipinski definition) is 3. The molecule has 4 nitrogen and oxygen atoms in total. The van der Waals surface area contributed by atoms with Crippen LogP contribution in [0.15, 0.2) is 29.2 Å². The second kappa shape index (κ2) is 6.44. The fourth-order valence-corrected chi connectivity index (χ4v) is 2.31. The van der Waals surface area contributed by atoms with Crippen molar-refractivity contribution >= 4 is 22.9 Å². The van der Waals surface area contributed by atoms with Crippen LogP contribution in [-0.4, -0.2) is 55.9 Å². The molecule has 98 valence electrons. The number of thioether (sulfide) groups is 1. The molecule has 0 unspecified atom stereocenters. The first kappa shape index (κ1) is 14.6. The van der Waals surface area contributed by atoms with Crippen LogP contribution in [0.25, 0.3) is 0 Å². The summed E-state index contributed by atoms with van der Waals surface area (Å²) in [5.41, 5.74) is 0.568. The summed E-state index contributed by atoms with van der Waals surface area (Å²) in [6.45, 7) is 0. The Kier molecular flexibility index (Phi) is 5.22. The number of carbonyl (C=O) groups is 1. The third kappa shape index (κ3) is 3.77. The van der Waals surface area contributed by atoms with Gasteiger partial charge < -0.3 is 4.74 Å². The van der Waals surface area contributed by atoms with Gasteiger partial charge in [0.15, 0.2) is 0 Å². The SMILES string of the molecule is COC(=O)c1ccc(SC(N(C)C)=[N+](C)C)cc1. The number of rotatable bonds is 2. The van der Waals surface area contributed by atoms with Crippen molar-refractivity contribution in [3.05, 3.63) is 29.8 Å². The molecule has 0 aliphatic heterocycles. The Labute approximate surface area is 112 Å². The lowest BCUT2D eigenvalue weighted by molar-refractivity contribution is -0.466. The molecule has 0 N–H and O–H groups in total. The molecule has 0 saturated carbocycles. The van der Waals surface area contributed by atoms with E-state index in [1.54, 1.807) is 23.9 Å². The molecule has 0 fully saturated rings. The van der Waals surface area contributed by atoms with Gasteiger partial charge in [0.1, 0.15) is 0 Å². The standard InChI is InChI=1S/C13H19N2O2S/c1-14(2)13(15(3)4)18-11-8-6-10(7-9-11)12(16)17-5/h6-9H,1-5H3/q+1. The maximum atomic E-state index is 11.3. The van der Waals surface area contributed by atoms with Gasteiger partial charge in [-0.15, -0.1) is 0 Å². The molecule has 0 bridgehead atoms. The molecule has 0 aliphatic rings. The number of ether oxygens (including phenoxy) is 1. The van der Waals surface area contributed by atoms with Gasteiger partial charge in [-0.1, -0.05) is 0 Å². The van der Waals surface area contributed by atoms with Crippen molar-refractivity contribution in [1.82, 2.24) is 4.90 Å². The monoisotopic (exact) mass is 267 g/mol. The van der Waals surface area contributed by atoms with E-state index >= 15 is 0 Å². The van der Waals surface area contributed by atoms with Crippen LogP contribution in [0.1, 0.15) is 10.4 Å². The van der Waals surface area contributed by atoms with E-state index in [9.17, 15) is 4.79 Å². The molecule has 0 amide bonds. The molecule has 0 aliphatic carbocycles. The van der Waals surface area contributed by atoms with E-state index in [0.717, 1.165) is 10.1 Å². The molecule has 1 aromatic carbocycles. The topological polar surface area (TPSA) is 32.5 Å². The van der Waals surface area contributed by atoms with E-state index in [-0.39, 0.29) is 5.97 Å². The predicted octanol–water partition coefficient (Wildman–Crippen LogP) is 1.75. The van der Waals surface area contributed by atoms with E-state index < -0.39 is 0 Å². The minimum Gasteiger partial charge on any atom is -0.465 e. The summed E-state index contributed by atoms with van der Waals surface area (Å²) in [5, 5.41) is 1.13. The van der Waals surface area contributed by atoms with E-state index in [4.69, 9.17) is 0 Å². The summed E-state index contributed by atoms with van der Waals surface area (Å²) < 4.78 is 6.72. The van der Waals surface area contributed by atoms with E-state index in [1.807, 2.05) is 40.3 Å². The fourth-order valence-electron chi connectivity index (χ4n) is 1.46. The Hall–Kier alpha value is -1.49. The molecule has 1 aromatic rings. The summed E-state index contributed by atoms with van der Waals surface area (Å²) in [4.78, 5) is 14.5. The molecular weight excluding hydrogens is 248 g/mol. The Balaban J connectivity index is 2.87. The fraction of sp³-hybridized carbons (Fsp3) is 0.385. The molecule has 0 heterocycles. The second-order valence-corrected chi connectivity index (χ2v) is 5.23. The zero-order chi connectivity index (χ0) is 13.7. The summed E-state index contributed by atoms with van der Waals surface area (Å²) >= 11 is 1.65. The first-order valence-electron chi connectivity index (χ1n) is 5.53. The van der Waals surface area contributed by atoms with Crippen LogP contribution in [0.3, 0.4) is 0 Å². The lowest BCUT2D eigenvalue weighted by Crippen LogP contribution is -2.26. The molecule has 0 aromatic heterocycles. The zero-order valence-electron chi connectivity index (χ0n) is 11.4. The highest BCUT2D eigenvalue weighted by atomic mass is 32.2. The predicted molar refractivity (Wildman–Crippen MR) is 74.4 cm³/mol. The summed E-state index contributed by atoms with van der Waals surface area (Å²) in [6, 6.07) is 7.39. The Bertz CT molecular complexity index is 449. The first-order valence-corrected chi connectivity index (χ1v) is 6.35. The Morgan fingerprint density at radius 2 is 1.78 bits per heavy atom. The number of hydrogen-bond donors (Lipinski definition) is 0. The second-order valence-electron chi connectivity index (χ2n) is 4.19. The first-order chi connectivity index (χ1) is 8.45. The van der Waals surface area contributed by atoms with Crippen LogP contribution >= 0.6 is 11.8 Å². The highest BCUT2D eigenvalue weighted by Crippen LogP contribution is 2.21. The lowest BCUT2D eigenvalue weighted by Gasteiger charge is -2.10. The van der Waals surface area contributed by atoms with Gasteiger partial charge in [-0.05, 0) is 36.0 Å². The van der Waals surface area contributed by atoms with E-state index in [1.165, 1.54) is 7.11 Å². The van der Waals surface area contributed by atoms with Gasteiger partial charge in [-0.2, -0.15) is 0 Å². The third-order valence-corrected chi connectivity index (χ3v) is 3.67. The van der Waals surface area contributed by atoms with Crippen LogP contribution in [0, 0.1) is 0 Å². The van der Waals surface area contributed by atoms with Gasteiger partial charge in [0.25, 0.3) is 0 Å². The summed E-state index contributed by atoms with van der Waals surface area (Å²) in [7, 11) is 9.40. The third-order valence-electron chi connectivity index (χ3n) is 2.25. The van der Waals surface area contributed by atoms with E-state index in [0.29, 0.717) is 5.56 Å². The number of esters is 1. The highest BCUT2D eigenvalue weighted by molar-refractivity contribution is 8.13.